The molecule has 1 heterocycles. The minimum atomic E-state index is -5.82. The highest BCUT2D eigenvalue weighted by atomic mass is 32.2. The van der Waals surface area contributed by atoms with Crippen molar-refractivity contribution in [2.75, 3.05) is 6.61 Å². The zero-order valence-corrected chi connectivity index (χ0v) is 17.5. The number of alkyl halides is 3. The van der Waals surface area contributed by atoms with E-state index in [1.165, 1.54) is 6.92 Å². The second kappa shape index (κ2) is 10.1. The maximum Gasteiger partial charge on any atom is 0.523 e. The van der Waals surface area contributed by atoms with E-state index in [0.29, 0.717) is 0 Å². The monoisotopic (exact) mass is 460 g/mol. The predicted molar refractivity (Wildman–Crippen MR) is 105 cm³/mol. The molecular weight excluding hydrogens is 437 g/mol. The van der Waals surface area contributed by atoms with Crippen molar-refractivity contribution in [1.29, 1.82) is 0 Å². The molecule has 1 fully saturated rings. The molecule has 0 aliphatic carbocycles. The normalized spacial score (nSPS) is 24.4. The standard InChI is InChI=1S/C21H23F3O6S/c1-15-19(30-31(25,26)21(22,23)24)20(28-13-17-10-6-3-7-11-17)18(29-15)14-27-12-16-8-4-2-5-9-16/h2-11,15,18-20H,12-14H2,1H3/t15?,18-,19-,20-/m1/s1. The molecule has 0 saturated carbocycles. The molecule has 10 heteroatoms. The Balaban J connectivity index is 1.71. The van der Waals surface area contributed by atoms with E-state index in [4.69, 9.17) is 14.2 Å². The molecule has 2 aromatic rings. The van der Waals surface area contributed by atoms with Crippen LogP contribution in [0, 0.1) is 0 Å². The average molecular weight is 460 g/mol. The molecule has 170 valence electrons. The smallest absolute Gasteiger partial charge is 0.374 e. The van der Waals surface area contributed by atoms with Crippen molar-refractivity contribution in [2.24, 2.45) is 0 Å². The molecule has 0 aromatic heterocycles. The zero-order chi connectivity index (χ0) is 22.5. The van der Waals surface area contributed by atoms with Gasteiger partial charge in [-0.05, 0) is 18.1 Å². The summed E-state index contributed by atoms with van der Waals surface area (Å²) in [5.74, 6) is 0. The van der Waals surface area contributed by atoms with Crippen molar-refractivity contribution < 1.29 is 40.0 Å². The average Bonchev–Trinajstić information content (AvgIpc) is 3.01. The Labute approximate surface area is 179 Å². The van der Waals surface area contributed by atoms with Crippen LogP contribution in [0.15, 0.2) is 60.7 Å². The first kappa shape index (κ1) is 23.7. The maximum absolute atomic E-state index is 12.9. The largest absolute Gasteiger partial charge is 0.523 e. The number of rotatable bonds is 9. The number of hydrogen-bond donors (Lipinski definition) is 0. The van der Waals surface area contributed by atoms with Crippen molar-refractivity contribution in [3.8, 4) is 0 Å². The first-order valence-electron chi connectivity index (χ1n) is 9.59. The van der Waals surface area contributed by atoms with Crippen molar-refractivity contribution in [3.63, 3.8) is 0 Å². The van der Waals surface area contributed by atoms with E-state index in [1.54, 1.807) is 24.3 Å². The van der Waals surface area contributed by atoms with Crippen LogP contribution in [-0.4, -0.2) is 44.9 Å². The second-order valence-corrected chi connectivity index (χ2v) is 8.67. The highest BCUT2D eigenvalue weighted by Crippen LogP contribution is 2.33. The Morgan fingerprint density at radius 1 is 0.903 bits per heavy atom. The Morgan fingerprint density at radius 2 is 1.45 bits per heavy atom. The highest BCUT2D eigenvalue weighted by molar-refractivity contribution is 7.87. The Morgan fingerprint density at radius 3 is 2.00 bits per heavy atom. The Bertz CT molecular complexity index is 921. The van der Waals surface area contributed by atoms with E-state index >= 15 is 0 Å². The van der Waals surface area contributed by atoms with Gasteiger partial charge >= 0.3 is 15.6 Å². The van der Waals surface area contributed by atoms with Gasteiger partial charge in [-0.1, -0.05) is 60.7 Å². The summed E-state index contributed by atoms with van der Waals surface area (Å²) in [6, 6.07) is 18.2. The van der Waals surface area contributed by atoms with Gasteiger partial charge in [-0.2, -0.15) is 21.6 Å². The second-order valence-electron chi connectivity index (χ2n) is 7.10. The fourth-order valence-electron chi connectivity index (χ4n) is 3.21. The zero-order valence-electron chi connectivity index (χ0n) is 16.7. The minimum absolute atomic E-state index is 0.00931. The summed E-state index contributed by atoms with van der Waals surface area (Å²) in [6.07, 6.45) is -4.32. The molecule has 0 amide bonds. The van der Waals surface area contributed by atoms with E-state index in [2.05, 4.69) is 4.18 Å². The molecule has 0 radical (unpaired) electrons. The number of ether oxygens (including phenoxy) is 3. The summed E-state index contributed by atoms with van der Waals surface area (Å²) in [6.45, 7) is 1.73. The van der Waals surface area contributed by atoms with Gasteiger partial charge in [0.15, 0.2) is 0 Å². The quantitative estimate of drug-likeness (QED) is 0.419. The lowest BCUT2D eigenvalue weighted by atomic mass is 10.1. The highest BCUT2D eigenvalue weighted by Gasteiger charge is 2.54. The van der Waals surface area contributed by atoms with Crippen LogP contribution in [0.3, 0.4) is 0 Å². The first-order valence-corrected chi connectivity index (χ1v) is 11.0. The SMILES string of the molecule is CC1O[C@H](COCc2ccccc2)[C@@H](OCc2ccccc2)[C@@H]1OS(=O)(=O)C(F)(F)F. The van der Waals surface area contributed by atoms with E-state index < -0.39 is 40.0 Å². The third kappa shape index (κ3) is 6.27. The van der Waals surface area contributed by atoms with Crippen LogP contribution >= 0.6 is 0 Å². The van der Waals surface area contributed by atoms with Gasteiger partial charge in [0, 0.05) is 0 Å². The first-order chi connectivity index (χ1) is 14.7. The Hall–Kier alpha value is -1.98. The van der Waals surface area contributed by atoms with Crippen LogP contribution < -0.4 is 0 Å². The van der Waals surface area contributed by atoms with Crippen molar-refractivity contribution >= 4 is 10.1 Å². The summed E-state index contributed by atoms with van der Waals surface area (Å²) in [5, 5.41) is 0. The lowest BCUT2D eigenvalue weighted by Gasteiger charge is -2.24. The third-order valence-electron chi connectivity index (χ3n) is 4.74. The molecule has 0 bridgehead atoms. The van der Waals surface area contributed by atoms with Crippen LogP contribution in [0.4, 0.5) is 13.2 Å². The summed E-state index contributed by atoms with van der Waals surface area (Å²) >= 11 is 0. The Kier molecular flexibility index (Phi) is 7.71. The van der Waals surface area contributed by atoms with Gasteiger partial charge in [0.25, 0.3) is 0 Å². The summed E-state index contributed by atoms with van der Waals surface area (Å²) in [7, 11) is -5.82. The van der Waals surface area contributed by atoms with E-state index in [0.717, 1.165) is 11.1 Å². The number of hydrogen-bond acceptors (Lipinski definition) is 6. The van der Waals surface area contributed by atoms with Crippen LogP contribution in [0.25, 0.3) is 0 Å². The summed E-state index contributed by atoms with van der Waals surface area (Å²) in [4.78, 5) is 0. The van der Waals surface area contributed by atoms with E-state index in [1.807, 2.05) is 36.4 Å². The molecule has 0 spiro atoms. The van der Waals surface area contributed by atoms with Crippen LogP contribution in [0.1, 0.15) is 18.1 Å². The van der Waals surface area contributed by atoms with Gasteiger partial charge in [-0.15, -0.1) is 0 Å². The topological polar surface area (TPSA) is 71.1 Å². The minimum Gasteiger partial charge on any atom is -0.374 e. The van der Waals surface area contributed by atoms with E-state index in [9.17, 15) is 21.6 Å². The molecule has 4 atom stereocenters. The summed E-state index contributed by atoms with van der Waals surface area (Å²) in [5.41, 5.74) is -3.87. The molecule has 1 aliphatic heterocycles. The van der Waals surface area contributed by atoms with Crippen LogP contribution in [-0.2, 0) is 41.7 Å². The maximum atomic E-state index is 12.9. The van der Waals surface area contributed by atoms with Gasteiger partial charge in [-0.25, -0.2) is 0 Å². The lowest BCUT2D eigenvalue weighted by Crippen LogP contribution is -2.42. The molecule has 0 N–H and O–H groups in total. The molecule has 2 aromatic carbocycles. The van der Waals surface area contributed by atoms with Crippen LogP contribution in [0.5, 0.6) is 0 Å². The number of halogens is 3. The van der Waals surface area contributed by atoms with Crippen molar-refractivity contribution in [3.05, 3.63) is 71.8 Å². The van der Waals surface area contributed by atoms with Crippen LogP contribution in [0.2, 0.25) is 0 Å². The van der Waals surface area contributed by atoms with E-state index in [-0.39, 0.29) is 19.8 Å². The van der Waals surface area contributed by atoms with Gasteiger partial charge < -0.3 is 14.2 Å². The lowest BCUT2D eigenvalue weighted by molar-refractivity contribution is -0.0803. The molecule has 1 saturated heterocycles. The molecule has 1 aliphatic rings. The molecule has 3 rings (SSSR count). The van der Waals surface area contributed by atoms with Gasteiger partial charge in [0.2, 0.25) is 0 Å². The van der Waals surface area contributed by atoms with Gasteiger partial charge in [0.1, 0.15) is 18.3 Å². The summed E-state index contributed by atoms with van der Waals surface area (Å²) < 4.78 is 83.4. The fourth-order valence-corrected chi connectivity index (χ4v) is 3.88. The predicted octanol–water partition coefficient (Wildman–Crippen LogP) is 3.81. The third-order valence-corrected chi connectivity index (χ3v) is 5.79. The number of benzene rings is 2. The van der Waals surface area contributed by atoms with Gasteiger partial charge in [-0.3, -0.25) is 4.18 Å². The van der Waals surface area contributed by atoms with Gasteiger partial charge in [0.05, 0.1) is 25.9 Å². The molecular formula is C21H23F3O6S. The van der Waals surface area contributed by atoms with Crippen molar-refractivity contribution in [2.45, 2.75) is 50.1 Å². The van der Waals surface area contributed by atoms with Crippen molar-refractivity contribution in [1.82, 2.24) is 0 Å². The molecule has 6 nitrogen and oxygen atoms in total. The molecule has 31 heavy (non-hydrogen) atoms. The fraction of sp³-hybridized carbons (Fsp3) is 0.429. The molecule has 1 unspecified atom stereocenters.